The topological polar surface area (TPSA) is 22.1 Å². The third-order valence-electron chi connectivity index (χ3n) is 3.37. The molecule has 0 bridgehead atoms. The molecule has 0 N–H and O–H groups in total. The summed E-state index contributed by atoms with van der Waals surface area (Å²) in [6, 6.07) is 10.1. The molecule has 0 saturated heterocycles. The van der Waals surface area contributed by atoms with E-state index in [1.165, 1.54) is 16.7 Å². The molecule has 2 heteroatoms. The minimum absolute atomic E-state index is 0.160. The lowest BCUT2D eigenvalue weighted by Crippen LogP contribution is -2.15. The number of nitrogens with zero attached hydrogens (tertiary/aromatic N) is 1. The Bertz CT molecular complexity index is 559. The molecule has 20 heavy (non-hydrogen) atoms. The van der Waals surface area contributed by atoms with Gasteiger partial charge in [0.25, 0.3) is 0 Å². The van der Waals surface area contributed by atoms with Crippen LogP contribution in [0.3, 0.4) is 0 Å². The van der Waals surface area contributed by atoms with Gasteiger partial charge in [-0.15, -0.1) is 0 Å². The van der Waals surface area contributed by atoms with Gasteiger partial charge < -0.3 is 4.74 Å². The fourth-order valence-electron chi connectivity index (χ4n) is 2.83. The highest BCUT2D eigenvalue weighted by Gasteiger charge is 2.19. The molecule has 0 aliphatic heterocycles. The molecule has 0 spiro atoms. The van der Waals surface area contributed by atoms with Crippen LogP contribution in [0.4, 0.5) is 0 Å². The summed E-state index contributed by atoms with van der Waals surface area (Å²) in [6.45, 7) is 11.6. The van der Waals surface area contributed by atoms with Gasteiger partial charge in [0.05, 0.1) is 5.69 Å². The van der Waals surface area contributed by atoms with E-state index in [-0.39, 0.29) is 5.41 Å². The van der Waals surface area contributed by atoms with E-state index in [0.717, 1.165) is 11.4 Å². The fraction of sp³-hybridized carbons (Fsp3) is 0.389. The summed E-state index contributed by atoms with van der Waals surface area (Å²) in [5, 5.41) is 0. The molecule has 2 rings (SSSR count). The highest BCUT2D eigenvalue weighted by molar-refractivity contribution is 5.44. The molecule has 0 radical (unpaired) electrons. The lowest BCUT2D eigenvalue weighted by molar-refractivity contribution is 0.300. The number of aromatic nitrogens is 1. The zero-order valence-corrected chi connectivity index (χ0v) is 13.0. The van der Waals surface area contributed by atoms with Crippen molar-refractivity contribution in [1.82, 2.24) is 4.98 Å². The predicted octanol–water partition coefficient (Wildman–Crippen LogP) is 4.57. The second-order valence-electron chi connectivity index (χ2n) is 6.29. The van der Waals surface area contributed by atoms with Crippen molar-refractivity contribution in [3.05, 3.63) is 58.9 Å². The Kier molecular flexibility index (Phi) is 4.12. The Labute approximate surface area is 121 Å². The normalized spacial score (nSPS) is 11.4. The van der Waals surface area contributed by atoms with E-state index in [9.17, 15) is 0 Å². The largest absolute Gasteiger partial charge is 0.487 e. The van der Waals surface area contributed by atoms with Crippen LogP contribution >= 0.6 is 0 Å². The first-order valence-corrected chi connectivity index (χ1v) is 7.02. The maximum absolute atomic E-state index is 5.86. The van der Waals surface area contributed by atoms with Gasteiger partial charge in [0.1, 0.15) is 12.4 Å². The van der Waals surface area contributed by atoms with Crippen molar-refractivity contribution in [3.63, 3.8) is 0 Å². The highest BCUT2D eigenvalue weighted by atomic mass is 16.5. The minimum atomic E-state index is 0.160. The van der Waals surface area contributed by atoms with Crippen LogP contribution in [0.15, 0.2) is 36.5 Å². The fourth-order valence-corrected chi connectivity index (χ4v) is 2.83. The van der Waals surface area contributed by atoms with Crippen LogP contribution in [0.1, 0.15) is 43.2 Å². The van der Waals surface area contributed by atoms with Crippen molar-refractivity contribution in [2.24, 2.45) is 0 Å². The van der Waals surface area contributed by atoms with E-state index in [1.54, 1.807) is 6.20 Å². The summed E-state index contributed by atoms with van der Waals surface area (Å²) in [7, 11) is 0. The SMILES string of the molecule is Cc1cc(OCc2ccccn2)cc(C)c1C(C)(C)C. The number of rotatable bonds is 3. The molecule has 2 aromatic rings. The smallest absolute Gasteiger partial charge is 0.130 e. The Morgan fingerprint density at radius 1 is 1.05 bits per heavy atom. The van der Waals surface area contributed by atoms with E-state index in [1.807, 2.05) is 18.2 Å². The Balaban J connectivity index is 2.19. The monoisotopic (exact) mass is 269 g/mol. The first-order valence-electron chi connectivity index (χ1n) is 7.02. The molecule has 106 valence electrons. The first-order chi connectivity index (χ1) is 9.38. The average Bonchev–Trinajstić information content (AvgIpc) is 2.35. The Morgan fingerprint density at radius 3 is 2.20 bits per heavy atom. The number of hydrogen-bond acceptors (Lipinski definition) is 2. The van der Waals surface area contributed by atoms with E-state index >= 15 is 0 Å². The first kappa shape index (κ1) is 14.6. The van der Waals surface area contributed by atoms with Crippen molar-refractivity contribution in [1.29, 1.82) is 0 Å². The molecule has 1 heterocycles. The van der Waals surface area contributed by atoms with Crippen LogP contribution in [0.25, 0.3) is 0 Å². The van der Waals surface area contributed by atoms with E-state index in [2.05, 4.69) is 51.7 Å². The molecule has 0 aliphatic carbocycles. The third-order valence-corrected chi connectivity index (χ3v) is 3.37. The quantitative estimate of drug-likeness (QED) is 0.814. The van der Waals surface area contributed by atoms with Gasteiger partial charge >= 0.3 is 0 Å². The third kappa shape index (κ3) is 3.38. The van der Waals surface area contributed by atoms with Crippen molar-refractivity contribution in [2.45, 2.75) is 46.6 Å². The van der Waals surface area contributed by atoms with Crippen molar-refractivity contribution in [3.8, 4) is 5.75 Å². The summed E-state index contributed by atoms with van der Waals surface area (Å²) in [4.78, 5) is 4.27. The summed E-state index contributed by atoms with van der Waals surface area (Å²) in [5.41, 5.74) is 5.08. The van der Waals surface area contributed by atoms with Crippen LogP contribution in [-0.2, 0) is 12.0 Å². The van der Waals surface area contributed by atoms with Crippen molar-refractivity contribution in [2.75, 3.05) is 0 Å². The minimum Gasteiger partial charge on any atom is -0.487 e. The summed E-state index contributed by atoms with van der Waals surface area (Å²) in [5.74, 6) is 0.915. The molecule has 0 unspecified atom stereocenters. The Morgan fingerprint density at radius 2 is 1.70 bits per heavy atom. The standard InChI is InChI=1S/C18H23NO/c1-13-10-16(11-14(2)17(13)18(3,4)5)20-12-15-8-6-7-9-19-15/h6-11H,12H2,1-5H3. The van der Waals surface area contributed by atoms with Crippen LogP contribution in [0, 0.1) is 13.8 Å². The summed E-state index contributed by atoms with van der Waals surface area (Å²) < 4.78 is 5.86. The van der Waals surface area contributed by atoms with Crippen LogP contribution in [-0.4, -0.2) is 4.98 Å². The lowest BCUT2D eigenvalue weighted by Gasteiger charge is -2.25. The van der Waals surface area contributed by atoms with Gasteiger partial charge in [-0.2, -0.15) is 0 Å². The lowest BCUT2D eigenvalue weighted by atomic mass is 9.81. The molecule has 0 saturated carbocycles. The van der Waals surface area contributed by atoms with Gasteiger partial charge in [-0.3, -0.25) is 4.98 Å². The number of aryl methyl sites for hydroxylation is 2. The van der Waals surface area contributed by atoms with Crippen molar-refractivity contribution < 1.29 is 4.74 Å². The van der Waals surface area contributed by atoms with E-state index in [0.29, 0.717) is 6.61 Å². The van der Waals surface area contributed by atoms with Gasteiger partial charge in [0.15, 0.2) is 0 Å². The van der Waals surface area contributed by atoms with Crippen LogP contribution < -0.4 is 4.74 Å². The molecule has 1 aromatic carbocycles. The van der Waals surface area contributed by atoms with Gasteiger partial charge in [-0.25, -0.2) is 0 Å². The molecule has 0 fully saturated rings. The van der Waals surface area contributed by atoms with Gasteiger partial charge in [-0.05, 0) is 60.2 Å². The number of benzene rings is 1. The van der Waals surface area contributed by atoms with Gasteiger partial charge in [0, 0.05) is 6.20 Å². The second kappa shape index (κ2) is 5.66. The number of ether oxygens (including phenoxy) is 1. The molecule has 1 aromatic heterocycles. The predicted molar refractivity (Wildman–Crippen MR) is 83.2 cm³/mol. The number of pyridine rings is 1. The maximum atomic E-state index is 5.86. The molecule has 0 amide bonds. The van der Waals surface area contributed by atoms with E-state index in [4.69, 9.17) is 4.74 Å². The van der Waals surface area contributed by atoms with Gasteiger partial charge in [-0.1, -0.05) is 26.8 Å². The van der Waals surface area contributed by atoms with E-state index < -0.39 is 0 Å². The molecule has 0 atom stereocenters. The molecule has 0 aliphatic rings. The second-order valence-corrected chi connectivity index (χ2v) is 6.29. The van der Waals surface area contributed by atoms with Gasteiger partial charge in [0.2, 0.25) is 0 Å². The molecular formula is C18H23NO. The zero-order valence-electron chi connectivity index (χ0n) is 13.0. The van der Waals surface area contributed by atoms with Crippen LogP contribution in [0.2, 0.25) is 0 Å². The maximum Gasteiger partial charge on any atom is 0.130 e. The van der Waals surface area contributed by atoms with Crippen LogP contribution in [0.5, 0.6) is 5.75 Å². The van der Waals surface area contributed by atoms with Crippen molar-refractivity contribution >= 4 is 0 Å². The molecular weight excluding hydrogens is 246 g/mol. The summed E-state index contributed by atoms with van der Waals surface area (Å²) >= 11 is 0. The highest BCUT2D eigenvalue weighted by Crippen LogP contribution is 2.32. The number of hydrogen-bond donors (Lipinski definition) is 0. The average molecular weight is 269 g/mol. The zero-order chi connectivity index (χ0) is 14.8. The summed E-state index contributed by atoms with van der Waals surface area (Å²) in [6.07, 6.45) is 1.79. The molecule has 2 nitrogen and oxygen atoms in total. The Hall–Kier alpha value is -1.83.